The molecule has 0 fully saturated rings. The predicted octanol–water partition coefficient (Wildman–Crippen LogP) is 4.98. The lowest BCUT2D eigenvalue weighted by Gasteiger charge is -2.15. The summed E-state index contributed by atoms with van der Waals surface area (Å²) in [4.78, 5) is 9.36. The standard InChI is InChI=1S/C23H28N4O2/c1-5-16(2)25-22-14-19(18-9-7-6-8-10-18)26-23(27-22)24-15-17-11-12-20(28-3)21(13-17)29-4/h6-14,16H,5,15H2,1-4H3,(H2,24,25,26,27). The van der Waals surface area contributed by atoms with Gasteiger partial charge >= 0.3 is 0 Å². The Bertz CT molecular complexity index is 931. The molecule has 0 aliphatic heterocycles. The number of methoxy groups -OCH3 is 2. The summed E-state index contributed by atoms with van der Waals surface area (Å²) in [5.41, 5.74) is 2.98. The summed E-state index contributed by atoms with van der Waals surface area (Å²) in [7, 11) is 3.26. The van der Waals surface area contributed by atoms with Crippen LogP contribution in [0.2, 0.25) is 0 Å². The highest BCUT2D eigenvalue weighted by molar-refractivity contribution is 5.64. The molecule has 0 saturated carbocycles. The zero-order valence-electron chi connectivity index (χ0n) is 17.4. The average Bonchev–Trinajstić information content (AvgIpc) is 2.77. The molecule has 152 valence electrons. The first-order valence-corrected chi connectivity index (χ1v) is 9.78. The van der Waals surface area contributed by atoms with Gasteiger partial charge in [0, 0.05) is 24.2 Å². The van der Waals surface area contributed by atoms with Crippen molar-refractivity contribution in [1.29, 1.82) is 0 Å². The lowest BCUT2D eigenvalue weighted by Crippen LogP contribution is -2.16. The predicted molar refractivity (Wildman–Crippen MR) is 118 cm³/mol. The van der Waals surface area contributed by atoms with Crippen molar-refractivity contribution in [3.8, 4) is 22.8 Å². The van der Waals surface area contributed by atoms with Crippen molar-refractivity contribution in [3.05, 3.63) is 60.2 Å². The van der Waals surface area contributed by atoms with Crippen LogP contribution in [0.4, 0.5) is 11.8 Å². The van der Waals surface area contributed by atoms with Crippen LogP contribution in [0, 0.1) is 0 Å². The number of ether oxygens (including phenoxy) is 2. The van der Waals surface area contributed by atoms with Crippen LogP contribution in [0.3, 0.4) is 0 Å². The molecular weight excluding hydrogens is 364 g/mol. The van der Waals surface area contributed by atoms with Crippen molar-refractivity contribution in [3.63, 3.8) is 0 Å². The Morgan fingerprint density at radius 1 is 0.931 bits per heavy atom. The molecule has 1 heterocycles. The molecule has 2 N–H and O–H groups in total. The number of rotatable bonds is 9. The summed E-state index contributed by atoms with van der Waals surface area (Å²) in [6, 6.07) is 18.3. The SMILES string of the molecule is CCC(C)Nc1cc(-c2ccccc2)nc(NCc2ccc(OC)c(OC)c2)n1. The Kier molecular flexibility index (Phi) is 6.89. The molecule has 0 aliphatic carbocycles. The fraction of sp³-hybridized carbons (Fsp3) is 0.304. The second-order valence-corrected chi connectivity index (χ2v) is 6.82. The maximum absolute atomic E-state index is 5.39. The van der Waals surface area contributed by atoms with Gasteiger partial charge in [0.1, 0.15) is 5.82 Å². The second-order valence-electron chi connectivity index (χ2n) is 6.82. The van der Waals surface area contributed by atoms with E-state index >= 15 is 0 Å². The lowest BCUT2D eigenvalue weighted by molar-refractivity contribution is 0.354. The van der Waals surface area contributed by atoms with Crippen LogP contribution in [0.25, 0.3) is 11.3 Å². The number of benzene rings is 2. The number of nitrogens with zero attached hydrogens (tertiary/aromatic N) is 2. The van der Waals surface area contributed by atoms with Crippen molar-refractivity contribution in [2.45, 2.75) is 32.9 Å². The zero-order valence-corrected chi connectivity index (χ0v) is 17.4. The Morgan fingerprint density at radius 2 is 1.69 bits per heavy atom. The summed E-state index contributed by atoms with van der Waals surface area (Å²) in [6.45, 7) is 4.86. The van der Waals surface area contributed by atoms with E-state index in [1.54, 1.807) is 14.2 Å². The molecule has 6 heteroatoms. The number of nitrogens with one attached hydrogen (secondary N) is 2. The number of hydrogen-bond acceptors (Lipinski definition) is 6. The minimum absolute atomic E-state index is 0.326. The summed E-state index contributed by atoms with van der Waals surface area (Å²) in [5, 5.41) is 6.78. The van der Waals surface area contributed by atoms with Crippen molar-refractivity contribution in [2.75, 3.05) is 24.9 Å². The van der Waals surface area contributed by atoms with Crippen molar-refractivity contribution in [2.24, 2.45) is 0 Å². The monoisotopic (exact) mass is 392 g/mol. The van der Waals surface area contributed by atoms with Crippen LogP contribution in [0.15, 0.2) is 54.6 Å². The second kappa shape index (κ2) is 9.78. The van der Waals surface area contributed by atoms with E-state index < -0.39 is 0 Å². The maximum Gasteiger partial charge on any atom is 0.225 e. The summed E-state index contributed by atoms with van der Waals surface area (Å²) in [5.74, 6) is 2.79. The molecule has 0 bridgehead atoms. The minimum Gasteiger partial charge on any atom is -0.493 e. The molecule has 0 saturated heterocycles. The van der Waals surface area contributed by atoms with Gasteiger partial charge in [-0.05, 0) is 31.0 Å². The van der Waals surface area contributed by atoms with Crippen molar-refractivity contribution >= 4 is 11.8 Å². The lowest BCUT2D eigenvalue weighted by atomic mass is 10.1. The van der Waals surface area contributed by atoms with E-state index in [-0.39, 0.29) is 0 Å². The van der Waals surface area contributed by atoms with E-state index in [1.165, 1.54) is 0 Å². The molecule has 3 rings (SSSR count). The van der Waals surface area contributed by atoms with E-state index in [2.05, 4.69) is 29.5 Å². The van der Waals surface area contributed by atoms with E-state index in [9.17, 15) is 0 Å². The number of hydrogen-bond donors (Lipinski definition) is 2. The zero-order chi connectivity index (χ0) is 20.6. The van der Waals surface area contributed by atoms with Gasteiger partial charge in [0.25, 0.3) is 0 Å². The number of aromatic nitrogens is 2. The van der Waals surface area contributed by atoms with Gasteiger partial charge < -0.3 is 20.1 Å². The normalized spacial score (nSPS) is 11.6. The number of anilines is 2. The molecule has 1 aromatic heterocycles. The first kappa shape index (κ1) is 20.5. The third-order valence-electron chi connectivity index (χ3n) is 4.70. The third-order valence-corrected chi connectivity index (χ3v) is 4.70. The summed E-state index contributed by atoms with van der Waals surface area (Å²) in [6.07, 6.45) is 1.01. The molecule has 0 spiro atoms. The highest BCUT2D eigenvalue weighted by Gasteiger charge is 2.10. The molecule has 3 aromatic rings. The topological polar surface area (TPSA) is 68.3 Å². The third kappa shape index (κ3) is 5.38. The van der Waals surface area contributed by atoms with Gasteiger partial charge in [-0.25, -0.2) is 4.98 Å². The molecule has 2 aromatic carbocycles. The van der Waals surface area contributed by atoms with Crippen LogP contribution in [0.1, 0.15) is 25.8 Å². The highest BCUT2D eigenvalue weighted by atomic mass is 16.5. The maximum atomic E-state index is 5.39. The molecule has 1 unspecified atom stereocenters. The van der Waals surface area contributed by atoms with E-state index in [0.29, 0.717) is 30.0 Å². The van der Waals surface area contributed by atoms with Gasteiger partial charge in [0.15, 0.2) is 11.5 Å². The Morgan fingerprint density at radius 3 is 2.38 bits per heavy atom. The smallest absolute Gasteiger partial charge is 0.225 e. The fourth-order valence-corrected chi connectivity index (χ4v) is 2.88. The molecule has 1 atom stereocenters. The fourth-order valence-electron chi connectivity index (χ4n) is 2.88. The van der Waals surface area contributed by atoms with Crippen LogP contribution < -0.4 is 20.1 Å². The highest BCUT2D eigenvalue weighted by Crippen LogP contribution is 2.28. The average molecular weight is 393 g/mol. The van der Waals surface area contributed by atoms with Crippen molar-refractivity contribution in [1.82, 2.24) is 9.97 Å². The van der Waals surface area contributed by atoms with E-state index in [4.69, 9.17) is 14.5 Å². The molecule has 6 nitrogen and oxygen atoms in total. The van der Waals surface area contributed by atoms with Crippen LogP contribution in [-0.4, -0.2) is 30.2 Å². The van der Waals surface area contributed by atoms with Gasteiger partial charge in [-0.15, -0.1) is 0 Å². The van der Waals surface area contributed by atoms with Gasteiger partial charge in [-0.1, -0.05) is 43.3 Å². The molecule has 0 radical (unpaired) electrons. The molecule has 29 heavy (non-hydrogen) atoms. The molecular formula is C23H28N4O2. The van der Waals surface area contributed by atoms with Crippen molar-refractivity contribution < 1.29 is 9.47 Å². The summed E-state index contributed by atoms with van der Waals surface area (Å²) >= 11 is 0. The van der Waals surface area contributed by atoms with E-state index in [0.717, 1.165) is 29.1 Å². The van der Waals surface area contributed by atoms with Crippen LogP contribution >= 0.6 is 0 Å². The van der Waals surface area contributed by atoms with Gasteiger partial charge in [-0.3, -0.25) is 0 Å². The first-order valence-electron chi connectivity index (χ1n) is 9.78. The Labute approximate surface area is 172 Å². The van der Waals surface area contributed by atoms with Gasteiger partial charge in [0.2, 0.25) is 5.95 Å². The Hall–Kier alpha value is -3.28. The molecule has 0 aliphatic rings. The summed E-state index contributed by atoms with van der Waals surface area (Å²) < 4.78 is 10.7. The first-order chi connectivity index (χ1) is 14.1. The van der Waals surface area contributed by atoms with E-state index in [1.807, 2.05) is 54.6 Å². The minimum atomic E-state index is 0.326. The van der Waals surface area contributed by atoms with Gasteiger partial charge in [-0.2, -0.15) is 4.98 Å². The van der Waals surface area contributed by atoms with Crippen LogP contribution in [0.5, 0.6) is 11.5 Å². The molecule has 0 amide bonds. The van der Waals surface area contributed by atoms with Gasteiger partial charge in [0.05, 0.1) is 19.9 Å². The Balaban J connectivity index is 1.85. The quantitative estimate of drug-likeness (QED) is 0.535. The largest absolute Gasteiger partial charge is 0.493 e. The van der Waals surface area contributed by atoms with Crippen LogP contribution in [-0.2, 0) is 6.54 Å².